The van der Waals surface area contributed by atoms with Gasteiger partial charge in [0, 0.05) is 5.57 Å². The number of hydrogen-bond donors (Lipinski definition) is 3. The summed E-state index contributed by atoms with van der Waals surface area (Å²) >= 11 is 0. The number of benzene rings is 1. The highest BCUT2D eigenvalue weighted by molar-refractivity contribution is 6.27. The Hall–Kier alpha value is -2.44. The number of Topliss-reactive ketones (excluding diaryl/α,β-unsaturated/α-hetero) is 1. The van der Waals surface area contributed by atoms with E-state index in [0.717, 1.165) is 11.6 Å². The summed E-state index contributed by atoms with van der Waals surface area (Å²) in [4.78, 5) is 25.2. The van der Waals surface area contributed by atoms with Gasteiger partial charge in [-0.15, -0.1) is 0 Å². The maximum Gasteiger partial charge on any atom is 0.196 e. The van der Waals surface area contributed by atoms with Gasteiger partial charge in [-0.05, 0) is 45.4 Å². The van der Waals surface area contributed by atoms with Crippen molar-refractivity contribution in [2.45, 2.75) is 39.4 Å². The quantitative estimate of drug-likeness (QED) is 0.540. The number of ether oxygens (including phenoxy) is 1. The van der Waals surface area contributed by atoms with Crippen LogP contribution >= 0.6 is 0 Å². The number of aliphatic hydroxyl groups is 1. The van der Waals surface area contributed by atoms with Gasteiger partial charge >= 0.3 is 0 Å². The number of ketones is 2. The number of aromatic hydroxyl groups is 2. The van der Waals surface area contributed by atoms with Gasteiger partial charge in [0.25, 0.3) is 0 Å². The highest BCUT2D eigenvalue weighted by Crippen LogP contribution is 2.36. The number of carbonyl (C=O) groups is 2. The van der Waals surface area contributed by atoms with E-state index in [1.54, 1.807) is 6.92 Å². The maximum atomic E-state index is 12.8. The van der Waals surface area contributed by atoms with Crippen molar-refractivity contribution in [3.63, 3.8) is 0 Å². The molecule has 0 radical (unpaired) electrons. The fourth-order valence-corrected chi connectivity index (χ4v) is 2.61. The molecule has 6 heteroatoms. The Morgan fingerprint density at radius 2 is 1.76 bits per heavy atom. The van der Waals surface area contributed by atoms with Gasteiger partial charge in [0.1, 0.15) is 11.5 Å². The molecule has 3 N–H and O–H groups in total. The van der Waals surface area contributed by atoms with Crippen LogP contribution < -0.4 is 0 Å². The van der Waals surface area contributed by atoms with Crippen molar-refractivity contribution in [1.82, 2.24) is 0 Å². The molecule has 134 valence electrons. The van der Waals surface area contributed by atoms with Crippen molar-refractivity contribution in [2.24, 2.45) is 0 Å². The number of phenolic OH excluding ortho intramolecular Hbond substituents is 2. The average Bonchev–Trinajstić information content (AvgIpc) is 2.53. The minimum atomic E-state index is -0.740. The molecule has 0 aliphatic heterocycles. The van der Waals surface area contributed by atoms with Crippen LogP contribution in [0.4, 0.5) is 0 Å². The van der Waals surface area contributed by atoms with Gasteiger partial charge in [-0.2, -0.15) is 0 Å². The third kappa shape index (κ3) is 4.15. The van der Waals surface area contributed by atoms with Crippen LogP contribution in [0.1, 0.15) is 47.9 Å². The summed E-state index contributed by atoms with van der Waals surface area (Å²) < 4.78 is 5.62. The lowest BCUT2D eigenvalue weighted by molar-refractivity contribution is 0.0134. The zero-order chi connectivity index (χ0) is 18.7. The predicted molar refractivity (Wildman–Crippen MR) is 92.0 cm³/mol. The van der Waals surface area contributed by atoms with Gasteiger partial charge in [-0.3, -0.25) is 9.59 Å². The molecule has 6 nitrogen and oxygen atoms in total. The van der Waals surface area contributed by atoms with Crippen molar-refractivity contribution < 1.29 is 29.6 Å². The SMILES string of the molecule is CC(C)=CC[C@@H](OC[C@@H](C)O)C1=CC(=O)c2c(O)ccc(O)c2C1=O. The molecular weight excluding hydrogens is 324 g/mol. The van der Waals surface area contributed by atoms with Gasteiger partial charge in [0.05, 0.1) is 29.9 Å². The summed E-state index contributed by atoms with van der Waals surface area (Å²) in [5.41, 5.74) is 0.689. The lowest BCUT2D eigenvalue weighted by atomic mass is 9.85. The maximum absolute atomic E-state index is 12.8. The second-order valence-corrected chi connectivity index (χ2v) is 6.34. The molecule has 0 spiro atoms. The molecule has 0 bridgehead atoms. The second-order valence-electron chi connectivity index (χ2n) is 6.34. The molecule has 0 heterocycles. The van der Waals surface area contributed by atoms with Gasteiger partial charge in [0.15, 0.2) is 11.6 Å². The summed E-state index contributed by atoms with van der Waals surface area (Å²) in [6.07, 6.45) is 1.87. The van der Waals surface area contributed by atoms with Crippen LogP contribution in [0.25, 0.3) is 0 Å². The molecule has 0 unspecified atom stereocenters. The molecule has 0 fully saturated rings. The molecule has 1 aliphatic rings. The van der Waals surface area contributed by atoms with E-state index in [4.69, 9.17) is 4.74 Å². The predicted octanol–water partition coefficient (Wildman–Crippen LogP) is 2.53. The molecule has 1 aromatic rings. The monoisotopic (exact) mass is 346 g/mol. The third-order valence-corrected chi connectivity index (χ3v) is 3.81. The van der Waals surface area contributed by atoms with E-state index >= 15 is 0 Å². The molecule has 1 aromatic carbocycles. The molecule has 1 aliphatic carbocycles. The molecule has 0 saturated carbocycles. The second kappa shape index (κ2) is 7.63. The molecule has 0 aromatic heterocycles. The first kappa shape index (κ1) is 18.9. The highest BCUT2D eigenvalue weighted by Gasteiger charge is 2.34. The zero-order valence-electron chi connectivity index (χ0n) is 14.4. The number of carbonyl (C=O) groups excluding carboxylic acids is 2. The summed E-state index contributed by atoms with van der Waals surface area (Å²) in [5.74, 6) is -1.86. The van der Waals surface area contributed by atoms with Gasteiger partial charge in [0.2, 0.25) is 0 Å². The van der Waals surface area contributed by atoms with Crippen LogP contribution in [0, 0.1) is 0 Å². The first-order valence-corrected chi connectivity index (χ1v) is 8.01. The van der Waals surface area contributed by atoms with E-state index in [2.05, 4.69) is 0 Å². The van der Waals surface area contributed by atoms with E-state index in [1.165, 1.54) is 12.1 Å². The smallest absolute Gasteiger partial charge is 0.196 e. The number of hydrogen-bond acceptors (Lipinski definition) is 6. The third-order valence-electron chi connectivity index (χ3n) is 3.81. The Morgan fingerprint density at radius 3 is 2.32 bits per heavy atom. The Morgan fingerprint density at radius 1 is 1.16 bits per heavy atom. The highest BCUT2D eigenvalue weighted by atomic mass is 16.5. The van der Waals surface area contributed by atoms with Crippen LogP contribution in [-0.4, -0.2) is 45.7 Å². The standard InChI is InChI=1S/C19H22O6/c1-10(2)4-7-16(25-9-11(3)20)12-8-15(23)17-13(21)5-6-14(22)18(17)19(12)24/h4-6,8,11,16,20-22H,7,9H2,1-3H3/t11-,16-/m1/s1. The van der Waals surface area contributed by atoms with E-state index in [-0.39, 0.29) is 34.8 Å². The Labute approximate surface area is 146 Å². The summed E-state index contributed by atoms with van der Waals surface area (Å²) in [7, 11) is 0. The van der Waals surface area contributed by atoms with Crippen LogP contribution in [0.5, 0.6) is 11.5 Å². The fraction of sp³-hybridized carbons (Fsp3) is 0.368. The Kier molecular flexibility index (Phi) is 5.77. The minimum Gasteiger partial charge on any atom is -0.507 e. The van der Waals surface area contributed by atoms with Gasteiger partial charge in [-0.25, -0.2) is 0 Å². The Bertz CT molecular complexity index is 753. The number of rotatable bonds is 6. The summed E-state index contributed by atoms with van der Waals surface area (Å²) in [5, 5.41) is 29.3. The van der Waals surface area contributed by atoms with Crippen LogP contribution in [0.2, 0.25) is 0 Å². The molecule has 0 amide bonds. The summed E-state index contributed by atoms with van der Waals surface area (Å²) in [6.45, 7) is 5.35. The molecule has 0 saturated heterocycles. The van der Waals surface area contributed by atoms with E-state index in [0.29, 0.717) is 6.42 Å². The number of phenols is 2. The lowest BCUT2D eigenvalue weighted by Gasteiger charge is -2.24. The van der Waals surface area contributed by atoms with Gasteiger partial charge in [-0.1, -0.05) is 11.6 Å². The topological polar surface area (TPSA) is 104 Å². The molecule has 2 atom stereocenters. The first-order chi connectivity index (χ1) is 11.7. The van der Waals surface area contributed by atoms with Crippen LogP contribution in [0.3, 0.4) is 0 Å². The molecule has 25 heavy (non-hydrogen) atoms. The fourth-order valence-electron chi connectivity index (χ4n) is 2.61. The zero-order valence-corrected chi connectivity index (χ0v) is 14.4. The van der Waals surface area contributed by atoms with E-state index < -0.39 is 23.8 Å². The van der Waals surface area contributed by atoms with Crippen molar-refractivity contribution in [1.29, 1.82) is 0 Å². The lowest BCUT2D eigenvalue weighted by Crippen LogP contribution is -2.29. The van der Waals surface area contributed by atoms with Crippen LogP contribution in [-0.2, 0) is 4.74 Å². The van der Waals surface area contributed by atoms with Crippen molar-refractivity contribution >= 4 is 11.6 Å². The van der Waals surface area contributed by atoms with Crippen molar-refractivity contribution in [3.8, 4) is 11.5 Å². The molecular formula is C19H22O6. The summed E-state index contributed by atoms with van der Waals surface area (Å²) in [6, 6.07) is 2.34. The number of allylic oxidation sites excluding steroid dienone is 2. The first-order valence-electron chi connectivity index (χ1n) is 8.01. The molecule has 2 rings (SSSR count). The number of fused-ring (bicyclic) bond motifs is 1. The van der Waals surface area contributed by atoms with Crippen molar-refractivity contribution in [3.05, 3.63) is 46.6 Å². The van der Waals surface area contributed by atoms with E-state index in [9.17, 15) is 24.9 Å². The van der Waals surface area contributed by atoms with E-state index in [1.807, 2.05) is 19.9 Å². The average molecular weight is 346 g/mol. The van der Waals surface area contributed by atoms with Crippen LogP contribution in [0.15, 0.2) is 35.4 Å². The largest absolute Gasteiger partial charge is 0.507 e. The number of aliphatic hydroxyl groups excluding tert-OH is 1. The van der Waals surface area contributed by atoms with Crippen molar-refractivity contribution in [2.75, 3.05) is 6.61 Å². The van der Waals surface area contributed by atoms with Gasteiger partial charge < -0.3 is 20.1 Å². The minimum absolute atomic E-state index is 0.00103. The Balaban J connectivity index is 2.44. The normalized spacial score (nSPS) is 16.1.